The highest BCUT2D eigenvalue weighted by atomic mass is 35.5. The molecule has 0 fully saturated rings. The lowest BCUT2D eigenvalue weighted by molar-refractivity contribution is 0.490. The van der Waals surface area contributed by atoms with Gasteiger partial charge in [-0.3, -0.25) is 0 Å². The van der Waals surface area contributed by atoms with Gasteiger partial charge >= 0.3 is 0 Å². The Kier molecular flexibility index (Phi) is 6.82. The fourth-order valence-corrected chi connectivity index (χ4v) is 2.71. The molecule has 1 unspecified atom stereocenters. The van der Waals surface area contributed by atoms with Crippen molar-refractivity contribution in [3.8, 4) is 0 Å². The highest BCUT2D eigenvalue weighted by Crippen LogP contribution is 2.19. The molecule has 0 saturated heterocycles. The average Bonchev–Trinajstić information content (AvgIpc) is 2.75. The highest BCUT2D eigenvalue weighted by molar-refractivity contribution is 7.09. The van der Waals surface area contributed by atoms with E-state index in [0.717, 1.165) is 29.8 Å². The third-order valence-electron chi connectivity index (χ3n) is 2.71. The SMILES string of the molecule is CCCC(CCCl)CNc1nc(C(C)C)ns1. The van der Waals surface area contributed by atoms with Crippen molar-refractivity contribution in [1.82, 2.24) is 9.36 Å². The Labute approximate surface area is 113 Å². The van der Waals surface area contributed by atoms with Gasteiger partial charge in [-0.2, -0.15) is 4.37 Å². The third kappa shape index (κ3) is 5.21. The van der Waals surface area contributed by atoms with Gasteiger partial charge in [-0.1, -0.05) is 27.2 Å². The van der Waals surface area contributed by atoms with Crippen LogP contribution in [0.1, 0.15) is 51.8 Å². The van der Waals surface area contributed by atoms with Crippen LogP contribution in [0.4, 0.5) is 5.13 Å². The van der Waals surface area contributed by atoms with E-state index in [1.165, 1.54) is 24.4 Å². The zero-order chi connectivity index (χ0) is 12.7. The summed E-state index contributed by atoms with van der Waals surface area (Å²) in [6.45, 7) is 7.38. The molecule has 0 aliphatic heterocycles. The second-order valence-electron chi connectivity index (χ2n) is 4.63. The Morgan fingerprint density at radius 1 is 1.35 bits per heavy atom. The number of hydrogen-bond donors (Lipinski definition) is 1. The van der Waals surface area contributed by atoms with E-state index in [1.54, 1.807) is 0 Å². The van der Waals surface area contributed by atoms with E-state index in [-0.39, 0.29) is 0 Å². The van der Waals surface area contributed by atoms with E-state index in [4.69, 9.17) is 11.6 Å². The number of halogens is 1. The molecule has 0 radical (unpaired) electrons. The summed E-state index contributed by atoms with van der Waals surface area (Å²) in [5.41, 5.74) is 0. The predicted octanol–water partition coefficient (Wildman–Crippen LogP) is 4.12. The molecule has 1 N–H and O–H groups in total. The predicted molar refractivity (Wildman–Crippen MR) is 76.2 cm³/mol. The lowest BCUT2D eigenvalue weighted by atomic mass is 10.0. The maximum Gasteiger partial charge on any atom is 0.202 e. The topological polar surface area (TPSA) is 37.8 Å². The van der Waals surface area contributed by atoms with Gasteiger partial charge in [0, 0.05) is 29.9 Å². The molecule has 0 bridgehead atoms. The molecule has 17 heavy (non-hydrogen) atoms. The van der Waals surface area contributed by atoms with Crippen LogP contribution in [0, 0.1) is 5.92 Å². The quantitative estimate of drug-likeness (QED) is 0.725. The van der Waals surface area contributed by atoms with Gasteiger partial charge in [-0.05, 0) is 18.8 Å². The molecule has 0 aliphatic rings. The molecule has 1 heterocycles. The normalized spacial score (nSPS) is 13.0. The zero-order valence-corrected chi connectivity index (χ0v) is 12.4. The summed E-state index contributed by atoms with van der Waals surface area (Å²) in [5.74, 6) is 2.71. The summed E-state index contributed by atoms with van der Waals surface area (Å²) in [6.07, 6.45) is 3.49. The molecule has 3 nitrogen and oxygen atoms in total. The minimum absolute atomic E-state index is 0.399. The van der Waals surface area contributed by atoms with Crippen LogP contribution in [0.3, 0.4) is 0 Å². The Balaban J connectivity index is 2.41. The van der Waals surface area contributed by atoms with Crippen molar-refractivity contribution in [2.45, 2.75) is 46.0 Å². The molecule has 1 rings (SSSR count). The maximum atomic E-state index is 5.81. The van der Waals surface area contributed by atoms with Gasteiger partial charge in [0.1, 0.15) is 5.82 Å². The fraction of sp³-hybridized carbons (Fsp3) is 0.833. The molecule has 1 atom stereocenters. The summed E-state index contributed by atoms with van der Waals surface area (Å²) in [7, 11) is 0. The zero-order valence-electron chi connectivity index (χ0n) is 10.9. The first-order chi connectivity index (χ1) is 8.17. The molecule has 0 saturated carbocycles. The van der Waals surface area contributed by atoms with Crippen molar-refractivity contribution in [3.63, 3.8) is 0 Å². The molecule has 1 aromatic rings. The number of nitrogens with one attached hydrogen (secondary N) is 1. The lowest BCUT2D eigenvalue weighted by Gasteiger charge is -2.14. The van der Waals surface area contributed by atoms with E-state index >= 15 is 0 Å². The van der Waals surface area contributed by atoms with E-state index < -0.39 is 0 Å². The second-order valence-corrected chi connectivity index (χ2v) is 5.76. The van der Waals surface area contributed by atoms with Crippen LogP contribution in [-0.4, -0.2) is 21.8 Å². The first-order valence-corrected chi connectivity index (χ1v) is 7.61. The molecule has 0 aliphatic carbocycles. The largest absolute Gasteiger partial charge is 0.360 e. The number of anilines is 1. The molecule has 0 aromatic carbocycles. The Morgan fingerprint density at radius 2 is 2.12 bits per heavy atom. The Morgan fingerprint density at radius 3 is 2.65 bits per heavy atom. The van der Waals surface area contributed by atoms with Gasteiger partial charge in [-0.25, -0.2) is 4.98 Å². The van der Waals surface area contributed by atoms with Crippen LogP contribution in [0.15, 0.2) is 0 Å². The summed E-state index contributed by atoms with van der Waals surface area (Å²) in [4.78, 5) is 4.47. The van der Waals surface area contributed by atoms with Gasteiger partial charge in [0.15, 0.2) is 0 Å². The molecular formula is C12H22ClN3S. The second kappa shape index (κ2) is 7.88. The molecule has 98 valence electrons. The summed E-state index contributed by atoms with van der Waals surface area (Å²) < 4.78 is 4.33. The van der Waals surface area contributed by atoms with Crippen LogP contribution in [0.2, 0.25) is 0 Å². The van der Waals surface area contributed by atoms with Crippen molar-refractivity contribution in [1.29, 1.82) is 0 Å². The number of nitrogens with zero attached hydrogens (tertiary/aromatic N) is 2. The fourth-order valence-electron chi connectivity index (χ4n) is 1.68. The summed E-state index contributed by atoms with van der Waals surface area (Å²) >= 11 is 7.26. The maximum absolute atomic E-state index is 5.81. The van der Waals surface area contributed by atoms with Crippen LogP contribution in [0.25, 0.3) is 0 Å². The van der Waals surface area contributed by atoms with E-state index in [2.05, 4.69) is 35.4 Å². The van der Waals surface area contributed by atoms with Crippen molar-refractivity contribution < 1.29 is 0 Å². The summed E-state index contributed by atoms with van der Waals surface area (Å²) in [5, 5.41) is 4.31. The number of aromatic nitrogens is 2. The molecule has 0 spiro atoms. The average molecular weight is 276 g/mol. The van der Waals surface area contributed by atoms with Crippen LogP contribution >= 0.6 is 23.1 Å². The van der Waals surface area contributed by atoms with Crippen LogP contribution in [0.5, 0.6) is 0 Å². The van der Waals surface area contributed by atoms with Gasteiger partial charge in [0.25, 0.3) is 0 Å². The number of rotatable bonds is 8. The third-order valence-corrected chi connectivity index (χ3v) is 3.62. The van der Waals surface area contributed by atoms with Crippen molar-refractivity contribution in [2.24, 2.45) is 5.92 Å². The molecular weight excluding hydrogens is 254 g/mol. The standard InChI is InChI=1S/C12H22ClN3S/c1-4-5-10(6-7-13)8-14-12-15-11(9(2)3)16-17-12/h9-10H,4-8H2,1-3H3,(H,14,15,16). The molecule has 1 aromatic heterocycles. The van der Waals surface area contributed by atoms with Gasteiger partial charge in [-0.15, -0.1) is 11.6 Å². The molecule has 5 heteroatoms. The van der Waals surface area contributed by atoms with E-state index in [0.29, 0.717) is 11.8 Å². The summed E-state index contributed by atoms with van der Waals surface area (Å²) in [6, 6.07) is 0. The van der Waals surface area contributed by atoms with Gasteiger partial charge in [0.05, 0.1) is 0 Å². The van der Waals surface area contributed by atoms with Crippen LogP contribution in [-0.2, 0) is 0 Å². The van der Waals surface area contributed by atoms with E-state index in [1.807, 2.05) is 0 Å². The minimum atomic E-state index is 0.399. The van der Waals surface area contributed by atoms with Gasteiger partial charge < -0.3 is 5.32 Å². The monoisotopic (exact) mass is 275 g/mol. The van der Waals surface area contributed by atoms with Crippen molar-refractivity contribution in [2.75, 3.05) is 17.7 Å². The smallest absolute Gasteiger partial charge is 0.202 e. The number of alkyl halides is 1. The van der Waals surface area contributed by atoms with Crippen molar-refractivity contribution >= 4 is 28.3 Å². The van der Waals surface area contributed by atoms with E-state index in [9.17, 15) is 0 Å². The van der Waals surface area contributed by atoms with Gasteiger partial charge in [0.2, 0.25) is 5.13 Å². The molecule has 0 amide bonds. The van der Waals surface area contributed by atoms with Crippen molar-refractivity contribution in [3.05, 3.63) is 5.82 Å². The Bertz CT molecular complexity index is 308. The lowest BCUT2D eigenvalue weighted by Crippen LogP contribution is -2.14. The minimum Gasteiger partial charge on any atom is -0.360 e. The first-order valence-electron chi connectivity index (χ1n) is 6.30. The Hall–Kier alpha value is -0.350. The van der Waals surface area contributed by atoms with Crippen LogP contribution < -0.4 is 5.32 Å². The first kappa shape index (κ1) is 14.7. The number of hydrogen-bond acceptors (Lipinski definition) is 4. The highest BCUT2D eigenvalue weighted by Gasteiger charge is 2.10.